The van der Waals surface area contributed by atoms with Crippen LogP contribution in [0.3, 0.4) is 0 Å². The standard InChI is InChI=1S/C23H31N3S/c1-17(8-7-11-25(3)4)26-15-23(16-26)13-20(14-23)18(2)24-22-12-19-9-5-6-10-21(19)27-22/h6-8,10,12,20,24H,1-2,5,9,11,13-16H2,3-4H3/b8-7+. The maximum Gasteiger partial charge on any atom is 0.0933 e. The van der Waals surface area contributed by atoms with Gasteiger partial charge >= 0.3 is 0 Å². The van der Waals surface area contributed by atoms with Gasteiger partial charge in [-0.25, -0.2) is 0 Å². The van der Waals surface area contributed by atoms with E-state index in [1.165, 1.54) is 46.8 Å². The smallest absolute Gasteiger partial charge is 0.0933 e. The number of fused-ring (bicyclic) bond motifs is 1. The number of nitrogens with one attached hydrogen (secondary N) is 1. The van der Waals surface area contributed by atoms with Gasteiger partial charge in [0, 0.05) is 41.3 Å². The Bertz CT molecular complexity index is 785. The number of hydrogen-bond acceptors (Lipinski definition) is 4. The summed E-state index contributed by atoms with van der Waals surface area (Å²) < 4.78 is 0. The van der Waals surface area contributed by atoms with Gasteiger partial charge in [-0.2, -0.15) is 0 Å². The molecule has 144 valence electrons. The molecule has 0 atom stereocenters. The van der Waals surface area contributed by atoms with E-state index in [-0.39, 0.29) is 0 Å². The molecule has 2 aliphatic carbocycles. The molecule has 2 heterocycles. The molecule has 0 radical (unpaired) electrons. The summed E-state index contributed by atoms with van der Waals surface area (Å²) in [5.74, 6) is 0.611. The summed E-state index contributed by atoms with van der Waals surface area (Å²) in [5.41, 5.74) is 4.34. The summed E-state index contributed by atoms with van der Waals surface area (Å²) in [6, 6.07) is 2.32. The van der Waals surface area contributed by atoms with E-state index in [1.54, 1.807) is 0 Å². The molecule has 1 aromatic heterocycles. The van der Waals surface area contributed by atoms with Crippen molar-refractivity contribution >= 4 is 22.4 Å². The Hall–Kier alpha value is -1.78. The van der Waals surface area contributed by atoms with Crippen LogP contribution in [0.1, 0.15) is 29.7 Å². The first-order valence-electron chi connectivity index (χ1n) is 9.94. The molecule has 0 amide bonds. The Labute approximate surface area is 167 Å². The molecule has 1 saturated heterocycles. The lowest BCUT2D eigenvalue weighted by molar-refractivity contribution is -0.0635. The van der Waals surface area contributed by atoms with Gasteiger partial charge in [-0.15, -0.1) is 11.3 Å². The third-order valence-corrected chi connectivity index (χ3v) is 7.12. The van der Waals surface area contributed by atoms with Crippen LogP contribution in [0.4, 0.5) is 5.00 Å². The largest absolute Gasteiger partial charge is 0.371 e. The predicted octanol–water partition coefficient (Wildman–Crippen LogP) is 4.98. The third-order valence-electron chi connectivity index (χ3n) is 6.07. The van der Waals surface area contributed by atoms with Gasteiger partial charge in [0.1, 0.15) is 0 Å². The number of hydrogen-bond donors (Lipinski definition) is 1. The highest BCUT2D eigenvalue weighted by Crippen LogP contribution is 2.55. The number of nitrogens with zero attached hydrogens (tertiary/aromatic N) is 2. The SMILES string of the molecule is C=C(Nc1cc2c(s1)C=CCC2)C1CC2(C1)CN(C(=C)/C=C/CN(C)C)C2. The van der Waals surface area contributed by atoms with Gasteiger partial charge in [0.2, 0.25) is 0 Å². The zero-order valence-electron chi connectivity index (χ0n) is 16.6. The fraction of sp³-hybridized carbons (Fsp3) is 0.478. The van der Waals surface area contributed by atoms with Gasteiger partial charge in [0.25, 0.3) is 0 Å². The minimum absolute atomic E-state index is 0.505. The fourth-order valence-electron chi connectivity index (χ4n) is 4.49. The molecule has 1 aliphatic heterocycles. The molecule has 0 unspecified atom stereocenters. The fourth-order valence-corrected chi connectivity index (χ4v) is 5.57. The van der Waals surface area contributed by atoms with Crippen molar-refractivity contribution in [3.05, 3.63) is 59.3 Å². The normalized spacial score (nSPS) is 20.6. The van der Waals surface area contributed by atoms with Gasteiger partial charge in [0.15, 0.2) is 0 Å². The van der Waals surface area contributed by atoms with Crippen LogP contribution in [-0.2, 0) is 6.42 Å². The minimum Gasteiger partial charge on any atom is -0.371 e. The van der Waals surface area contributed by atoms with Crippen molar-refractivity contribution in [2.75, 3.05) is 39.0 Å². The van der Waals surface area contributed by atoms with E-state index >= 15 is 0 Å². The lowest BCUT2D eigenvalue weighted by atomic mass is 9.57. The average molecular weight is 382 g/mol. The number of aryl methyl sites for hydroxylation is 1. The molecule has 1 N–H and O–H groups in total. The van der Waals surface area contributed by atoms with Crippen molar-refractivity contribution in [1.82, 2.24) is 9.80 Å². The Morgan fingerprint density at radius 2 is 2.15 bits per heavy atom. The molecule has 1 saturated carbocycles. The van der Waals surface area contributed by atoms with E-state index in [9.17, 15) is 0 Å². The highest BCUT2D eigenvalue weighted by molar-refractivity contribution is 7.17. The number of allylic oxidation sites excluding steroid dienone is 3. The lowest BCUT2D eigenvalue weighted by Crippen LogP contribution is -2.61. The van der Waals surface area contributed by atoms with Gasteiger partial charge in [0.05, 0.1) is 5.00 Å². The molecule has 1 aromatic rings. The predicted molar refractivity (Wildman–Crippen MR) is 118 cm³/mol. The number of rotatable bonds is 7. The molecule has 0 aromatic carbocycles. The van der Waals surface area contributed by atoms with E-state index in [1.807, 2.05) is 11.3 Å². The van der Waals surface area contributed by atoms with Crippen molar-refractivity contribution in [2.24, 2.45) is 11.3 Å². The summed E-state index contributed by atoms with van der Waals surface area (Å²) >= 11 is 1.86. The van der Waals surface area contributed by atoms with Crippen LogP contribution >= 0.6 is 11.3 Å². The van der Waals surface area contributed by atoms with Gasteiger partial charge < -0.3 is 15.1 Å². The van der Waals surface area contributed by atoms with E-state index in [4.69, 9.17) is 0 Å². The number of thiophene rings is 1. The first kappa shape index (κ1) is 18.6. The topological polar surface area (TPSA) is 18.5 Å². The molecular formula is C23H31N3S. The van der Waals surface area contributed by atoms with Crippen LogP contribution in [0.2, 0.25) is 0 Å². The quantitative estimate of drug-likeness (QED) is 0.672. The Balaban J connectivity index is 1.22. The van der Waals surface area contributed by atoms with Crippen molar-refractivity contribution in [3.63, 3.8) is 0 Å². The zero-order valence-corrected chi connectivity index (χ0v) is 17.4. The average Bonchev–Trinajstić information content (AvgIpc) is 2.93. The van der Waals surface area contributed by atoms with Crippen LogP contribution in [0, 0.1) is 11.3 Å². The zero-order chi connectivity index (χ0) is 19.0. The van der Waals surface area contributed by atoms with E-state index in [0.717, 1.165) is 25.3 Å². The van der Waals surface area contributed by atoms with Crippen LogP contribution < -0.4 is 5.32 Å². The van der Waals surface area contributed by atoms with Crippen LogP contribution in [0.5, 0.6) is 0 Å². The van der Waals surface area contributed by atoms with Crippen molar-refractivity contribution in [3.8, 4) is 0 Å². The van der Waals surface area contributed by atoms with Crippen LogP contribution in [-0.4, -0.2) is 43.5 Å². The minimum atomic E-state index is 0.505. The van der Waals surface area contributed by atoms with Crippen LogP contribution in [0.15, 0.2) is 48.8 Å². The highest BCUT2D eigenvalue weighted by Gasteiger charge is 2.52. The second-order valence-corrected chi connectivity index (χ2v) is 9.79. The highest BCUT2D eigenvalue weighted by atomic mass is 32.1. The summed E-state index contributed by atoms with van der Waals surface area (Å²) in [5, 5.41) is 4.86. The van der Waals surface area contributed by atoms with Crippen LogP contribution in [0.25, 0.3) is 6.08 Å². The molecule has 27 heavy (non-hydrogen) atoms. The van der Waals surface area contributed by atoms with Crippen molar-refractivity contribution < 1.29 is 0 Å². The van der Waals surface area contributed by atoms with E-state index in [0.29, 0.717) is 11.3 Å². The second kappa shape index (κ2) is 7.33. The molecule has 2 fully saturated rings. The van der Waals surface area contributed by atoms with E-state index in [2.05, 4.69) is 72.7 Å². The monoisotopic (exact) mass is 381 g/mol. The maximum atomic E-state index is 4.34. The molecule has 3 aliphatic rings. The summed E-state index contributed by atoms with van der Waals surface area (Å²) in [6.45, 7) is 11.8. The lowest BCUT2D eigenvalue weighted by Gasteiger charge is -2.60. The summed E-state index contributed by atoms with van der Waals surface area (Å²) in [4.78, 5) is 5.99. The van der Waals surface area contributed by atoms with Gasteiger partial charge in [-0.3, -0.25) is 0 Å². The van der Waals surface area contributed by atoms with E-state index < -0.39 is 0 Å². The third kappa shape index (κ3) is 3.92. The molecule has 4 heteroatoms. The maximum absolute atomic E-state index is 4.34. The first-order chi connectivity index (χ1) is 12.9. The Morgan fingerprint density at radius 3 is 2.85 bits per heavy atom. The van der Waals surface area contributed by atoms with Gasteiger partial charge in [-0.05, 0) is 69.5 Å². The second-order valence-electron chi connectivity index (χ2n) is 8.71. The van der Waals surface area contributed by atoms with Gasteiger partial charge in [-0.1, -0.05) is 25.3 Å². The molecule has 0 bridgehead atoms. The Morgan fingerprint density at radius 1 is 1.37 bits per heavy atom. The number of anilines is 1. The van der Waals surface area contributed by atoms with Crippen molar-refractivity contribution in [2.45, 2.75) is 25.7 Å². The first-order valence-corrected chi connectivity index (χ1v) is 10.8. The number of likely N-dealkylation sites (N-methyl/N-ethyl adjacent to an activating group) is 1. The molecule has 4 rings (SSSR count). The summed E-state index contributed by atoms with van der Waals surface area (Å²) in [6.07, 6.45) is 13.8. The summed E-state index contributed by atoms with van der Waals surface area (Å²) in [7, 11) is 4.17. The molecule has 1 spiro atoms. The number of likely N-dealkylation sites (tertiary alicyclic amines) is 1. The Kier molecular flexibility index (Phi) is 5.04. The molecule has 3 nitrogen and oxygen atoms in total. The molecular weight excluding hydrogens is 350 g/mol. The van der Waals surface area contributed by atoms with Crippen molar-refractivity contribution in [1.29, 1.82) is 0 Å².